The van der Waals surface area contributed by atoms with E-state index in [2.05, 4.69) is 10.3 Å². The minimum absolute atomic E-state index is 0.0319. The largest absolute Gasteiger partial charge is 0.477 e. The Morgan fingerprint density at radius 2 is 2.05 bits per heavy atom. The van der Waals surface area contributed by atoms with Crippen LogP contribution in [-0.2, 0) is 0 Å². The van der Waals surface area contributed by atoms with E-state index < -0.39 is 5.97 Å². The van der Waals surface area contributed by atoms with Crippen molar-refractivity contribution in [3.8, 4) is 0 Å². The zero-order valence-corrected chi connectivity index (χ0v) is 12.0. The lowest BCUT2D eigenvalue weighted by atomic mass is 10.1. The molecule has 0 spiro atoms. The van der Waals surface area contributed by atoms with Crippen LogP contribution in [0.3, 0.4) is 0 Å². The van der Waals surface area contributed by atoms with Gasteiger partial charge < -0.3 is 10.4 Å². The summed E-state index contributed by atoms with van der Waals surface area (Å²) in [4.78, 5) is 15.4. The number of aromatic carboxylic acids is 1. The fourth-order valence-electron chi connectivity index (χ4n) is 1.68. The van der Waals surface area contributed by atoms with Gasteiger partial charge in [-0.15, -0.1) is 0 Å². The van der Waals surface area contributed by atoms with Gasteiger partial charge in [0.25, 0.3) is 0 Å². The molecule has 1 atom stereocenters. The van der Waals surface area contributed by atoms with Crippen molar-refractivity contribution in [2.45, 2.75) is 19.9 Å². The minimum atomic E-state index is -0.942. The summed E-state index contributed by atoms with van der Waals surface area (Å²) in [5.41, 5.74) is 1.59. The highest BCUT2D eigenvalue weighted by atomic mass is 35.5. The zero-order valence-electron chi connectivity index (χ0n) is 10.5. The number of rotatable bonds is 4. The van der Waals surface area contributed by atoms with Crippen LogP contribution in [0.5, 0.6) is 0 Å². The Bertz CT molecular complexity index is 595. The molecule has 6 heteroatoms. The molecule has 2 aromatic rings. The van der Waals surface area contributed by atoms with Crippen LogP contribution in [0.2, 0.25) is 5.02 Å². The molecular formula is C13H13ClN2O2S. The highest BCUT2D eigenvalue weighted by Crippen LogP contribution is 2.26. The number of carbonyl (C=O) groups is 1. The number of carboxylic acid groups (broad SMARTS) is 1. The van der Waals surface area contributed by atoms with E-state index in [9.17, 15) is 4.79 Å². The molecular weight excluding hydrogens is 284 g/mol. The fourth-order valence-corrected chi connectivity index (χ4v) is 2.69. The lowest BCUT2D eigenvalue weighted by Crippen LogP contribution is -2.05. The molecule has 0 fully saturated rings. The van der Waals surface area contributed by atoms with E-state index in [4.69, 9.17) is 16.7 Å². The van der Waals surface area contributed by atoms with Crippen molar-refractivity contribution in [2.75, 3.05) is 5.32 Å². The smallest absolute Gasteiger partial charge is 0.347 e. The number of nitrogens with one attached hydrogen (secondary N) is 1. The van der Waals surface area contributed by atoms with Crippen LogP contribution in [0.4, 0.5) is 5.13 Å². The van der Waals surface area contributed by atoms with Crippen molar-refractivity contribution in [1.82, 2.24) is 4.98 Å². The van der Waals surface area contributed by atoms with E-state index in [0.29, 0.717) is 15.8 Å². The molecule has 1 aromatic heterocycles. The lowest BCUT2D eigenvalue weighted by Gasteiger charge is -2.13. The lowest BCUT2D eigenvalue weighted by molar-refractivity contribution is 0.0701. The van der Waals surface area contributed by atoms with Gasteiger partial charge in [-0.05, 0) is 31.5 Å². The number of hydrogen-bond donors (Lipinski definition) is 2. The van der Waals surface area contributed by atoms with E-state index in [0.717, 1.165) is 16.9 Å². The molecule has 1 aromatic carbocycles. The second kappa shape index (κ2) is 5.59. The van der Waals surface area contributed by atoms with Crippen molar-refractivity contribution in [3.05, 3.63) is 45.4 Å². The van der Waals surface area contributed by atoms with Gasteiger partial charge in [-0.2, -0.15) is 0 Å². The zero-order chi connectivity index (χ0) is 14.0. The number of halogens is 1. The van der Waals surface area contributed by atoms with Gasteiger partial charge in [-0.3, -0.25) is 0 Å². The number of hydrogen-bond acceptors (Lipinski definition) is 4. The summed E-state index contributed by atoms with van der Waals surface area (Å²) in [6, 6.07) is 7.54. The Morgan fingerprint density at radius 1 is 1.42 bits per heavy atom. The monoisotopic (exact) mass is 296 g/mol. The van der Waals surface area contributed by atoms with Crippen LogP contribution in [0, 0.1) is 6.92 Å². The molecule has 0 bridgehead atoms. The number of thiazole rings is 1. The number of benzene rings is 1. The molecule has 0 saturated carbocycles. The Labute approximate surface area is 120 Å². The summed E-state index contributed by atoms with van der Waals surface area (Å²) in [5, 5.41) is 13.5. The number of aromatic nitrogens is 1. The number of nitrogens with zero attached hydrogens (tertiary/aromatic N) is 1. The maximum atomic E-state index is 11.0. The van der Waals surface area contributed by atoms with Crippen molar-refractivity contribution >= 4 is 34.0 Å². The van der Waals surface area contributed by atoms with Crippen LogP contribution < -0.4 is 5.32 Å². The van der Waals surface area contributed by atoms with Crippen LogP contribution in [-0.4, -0.2) is 16.1 Å². The molecule has 4 nitrogen and oxygen atoms in total. The molecule has 100 valence electrons. The second-order valence-electron chi connectivity index (χ2n) is 4.16. The van der Waals surface area contributed by atoms with Crippen LogP contribution in [0.25, 0.3) is 0 Å². The van der Waals surface area contributed by atoms with Gasteiger partial charge in [-0.1, -0.05) is 35.1 Å². The van der Waals surface area contributed by atoms with Gasteiger partial charge in [0.1, 0.15) is 4.88 Å². The molecule has 2 N–H and O–H groups in total. The highest BCUT2D eigenvalue weighted by Gasteiger charge is 2.15. The first kappa shape index (κ1) is 13.8. The Morgan fingerprint density at radius 3 is 2.58 bits per heavy atom. The van der Waals surface area contributed by atoms with Gasteiger partial charge >= 0.3 is 5.97 Å². The van der Waals surface area contributed by atoms with Crippen LogP contribution in [0.15, 0.2) is 24.3 Å². The normalized spacial score (nSPS) is 12.2. The maximum absolute atomic E-state index is 11.0. The molecule has 0 aliphatic carbocycles. The summed E-state index contributed by atoms with van der Waals surface area (Å²) in [6.45, 7) is 3.68. The molecule has 0 aliphatic rings. The standard InChI is InChI=1S/C13H13ClN2O2S/c1-7(9-3-5-10(14)6-4-9)15-13-16-8(2)11(19-13)12(17)18/h3-7H,1-2H3,(H,15,16)(H,17,18)/t7-/m0/s1. The third kappa shape index (κ3) is 3.24. The first-order valence-corrected chi connectivity index (χ1v) is 6.89. The molecule has 1 heterocycles. The van der Waals surface area contributed by atoms with Gasteiger partial charge in [0.2, 0.25) is 0 Å². The molecule has 0 saturated heterocycles. The summed E-state index contributed by atoms with van der Waals surface area (Å²) in [7, 11) is 0. The topological polar surface area (TPSA) is 62.2 Å². The first-order chi connectivity index (χ1) is 8.97. The van der Waals surface area contributed by atoms with E-state index in [1.165, 1.54) is 0 Å². The van der Waals surface area contributed by atoms with Crippen molar-refractivity contribution < 1.29 is 9.90 Å². The first-order valence-electron chi connectivity index (χ1n) is 5.70. The summed E-state index contributed by atoms with van der Waals surface area (Å²) < 4.78 is 0. The van der Waals surface area contributed by atoms with Crippen molar-refractivity contribution in [3.63, 3.8) is 0 Å². The van der Waals surface area contributed by atoms with E-state index >= 15 is 0 Å². The predicted molar refractivity (Wildman–Crippen MR) is 77.3 cm³/mol. The molecule has 2 rings (SSSR count). The Hall–Kier alpha value is -1.59. The third-order valence-electron chi connectivity index (χ3n) is 2.70. The highest BCUT2D eigenvalue weighted by molar-refractivity contribution is 7.17. The fraction of sp³-hybridized carbons (Fsp3) is 0.231. The summed E-state index contributed by atoms with van der Waals surface area (Å²) in [6.07, 6.45) is 0. The third-order valence-corrected chi connectivity index (χ3v) is 4.03. The minimum Gasteiger partial charge on any atom is -0.477 e. The Balaban J connectivity index is 2.14. The SMILES string of the molecule is Cc1nc(N[C@@H](C)c2ccc(Cl)cc2)sc1C(=O)O. The Kier molecular flexibility index (Phi) is 4.07. The quantitative estimate of drug-likeness (QED) is 0.896. The number of anilines is 1. The number of aryl methyl sites for hydroxylation is 1. The average molecular weight is 297 g/mol. The average Bonchev–Trinajstić information content (AvgIpc) is 2.71. The van der Waals surface area contributed by atoms with Gasteiger partial charge in [0.05, 0.1) is 11.7 Å². The predicted octanol–water partition coefficient (Wildman–Crippen LogP) is 3.98. The van der Waals surface area contributed by atoms with E-state index in [1.807, 2.05) is 31.2 Å². The van der Waals surface area contributed by atoms with E-state index in [-0.39, 0.29) is 10.9 Å². The van der Waals surface area contributed by atoms with Crippen LogP contribution >= 0.6 is 22.9 Å². The molecule has 0 radical (unpaired) electrons. The molecule has 0 aliphatic heterocycles. The van der Waals surface area contributed by atoms with E-state index in [1.54, 1.807) is 6.92 Å². The van der Waals surface area contributed by atoms with Crippen molar-refractivity contribution in [2.24, 2.45) is 0 Å². The summed E-state index contributed by atoms with van der Waals surface area (Å²) >= 11 is 6.99. The maximum Gasteiger partial charge on any atom is 0.347 e. The van der Waals surface area contributed by atoms with Crippen LogP contribution in [0.1, 0.15) is 33.9 Å². The van der Waals surface area contributed by atoms with Gasteiger partial charge in [0, 0.05) is 5.02 Å². The van der Waals surface area contributed by atoms with Gasteiger partial charge in [0.15, 0.2) is 5.13 Å². The van der Waals surface area contributed by atoms with Crippen molar-refractivity contribution in [1.29, 1.82) is 0 Å². The molecule has 0 unspecified atom stereocenters. The molecule has 0 amide bonds. The molecule has 19 heavy (non-hydrogen) atoms. The summed E-state index contributed by atoms with van der Waals surface area (Å²) in [5.74, 6) is -0.942. The van der Waals surface area contributed by atoms with Gasteiger partial charge in [-0.25, -0.2) is 9.78 Å². The second-order valence-corrected chi connectivity index (χ2v) is 5.59. The number of carboxylic acids is 1.